The van der Waals surface area contributed by atoms with E-state index in [2.05, 4.69) is 11.5 Å². The average Bonchev–Trinajstić information content (AvgIpc) is 2.38. The summed E-state index contributed by atoms with van der Waals surface area (Å²) < 4.78 is 0. The first-order valence-electron chi connectivity index (χ1n) is 9.07. The molecule has 4 fully saturated rings. The Bertz CT molecular complexity index is 248. The van der Waals surface area contributed by atoms with Crippen molar-refractivity contribution in [3.63, 3.8) is 0 Å². The van der Waals surface area contributed by atoms with E-state index in [0.717, 1.165) is 35.3 Å². The molecule has 4 heterocycles. The van der Waals surface area contributed by atoms with Gasteiger partial charge in [-0.2, -0.15) is 0 Å². The SMILES string of the molecule is C1CC2CCCC(C1)B2SB1C2CCCC1CCC2. The predicted octanol–water partition coefficient (Wildman–Crippen LogP) is 5.92. The largest absolute Gasteiger partial charge is 0.252 e. The van der Waals surface area contributed by atoms with Gasteiger partial charge in [0.1, 0.15) is 0 Å². The van der Waals surface area contributed by atoms with Crippen molar-refractivity contribution in [1.29, 1.82) is 0 Å². The summed E-state index contributed by atoms with van der Waals surface area (Å²) in [4.78, 5) is 0. The minimum Gasteiger partial charge on any atom is -0.252 e. The number of hydrogen-bond acceptors (Lipinski definition) is 1. The standard InChI is InChI=1S/C16H28B2S/c1-5-13-7-2-8-14(6-1)17(13)19-18-15-9-3-10-16(18)12-4-11-15/h13-16H,1-12H2. The first kappa shape index (κ1) is 13.2. The summed E-state index contributed by atoms with van der Waals surface area (Å²) >= 11 is 2.53. The Hall–Kier alpha value is 0.480. The molecule has 0 saturated carbocycles. The number of rotatable bonds is 2. The zero-order valence-corrected chi connectivity index (χ0v) is 13.2. The molecule has 3 heteroatoms. The molecule has 0 aromatic heterocycles. The molecule has 0 N–H and O–H groups in total. The van der Waals surface area contributed by atoms with E-state index in [1.165, 1.54) is 0 Å². The average molecular weight is 274 g/mol. The summed E-state index contributed by atoms with van der Waals surface area (Å²) in [5.74, 6) is 6.60. The summed E-state index contributed by atoms with van der Waals surface area (Å²) in [6.45, 7) is 0. The van der Waals surface area contributed by atoms with Gasteiger partial charge in [-0.15, -0.1) is 0 Å². The van der Waals surface area contributed by atoms with Crippen LogP contribution in [-0.4, -0.2) is 12.0 Å². The van der Waals surface area contributed by atoms with E-state index in [1.807, 2.05) is 0 Å². The molecular weight excluding hydrogens is 246 g/mol. The maximum atomic E-state index is 2.53. The topological polar surface area (TPSA) is 0 Å². The predicted molar refractivity (Wildman–Crippen MR) is 89.5 cm³/mol. The minimum atomic E-state index is 1.08. The van der Waals surface area contributed by atoms with Crippen molar-refractivity contribution in [1.82, 2.24) is 0 Å². The second kappa shape index (κ2) is 5.70. The van der Waals surface area contributed by atoms with Gasteiger partial charge < -0.3 is 0 Å². The molecule has 4 rings (SSSR count). The van der Waals surface area contributed by atoms with Crippen molar-refractivity contribution in [2.45, 2.75) is 100 Å². The van der Waals surface area contributed by atoms with Gasteiger partial charge in [0, 0.05) is 0 Å². The fraction of sp³-hybridized carbons (Fsp3) is 1.00. The van der Waals surface area contributed by atoms with E-state index >= 15 is 0 Å². The lowest BCUT2D eigenvalue weighted by atomic mass is 9.41. The summed E-state index contributed by atoms with van der Waals surface area (Å²) in [7, 11) is 0. The first-order chi connectivity index (χ1) is 9.42. The van der Waals surface area contributed by atoms with Crippen molar-refractivity contribution in [2.24, 2.45) is 0 Å². The summed E-state index contributed by atoms with van der Waals surface area (Å²) in [6, 6.07) is 0. The Kier molecular flexibility index (Phi) is 3.95. The van der Waals surface area contributed by atoms with Gasteiger partial charge >= 0.3 is 0 Å². The Labute approximate surface area is 124 Å². The fourth-order valence-corrected chi connectivity index (χ4v) is 8.20. The zero-order chi connectivity index (χ0) is 12.7. The summed E-state index contributed by atoms with van der Waals surface area (Å²) in [6.07, 6.45) is 18.7. The normalized spacial score (nSPS) is 42.3. The smallest absolute Gasteiger partial charge is 0.202 e. The van der Waals surface area contributed by atoms with Crippen LogP contribution >= 0.6 is 11.5 Å². The highest BCUT2D eigenvalue weighted by molar-refractivity contribution is 8.45. The Morgan fingerprint density at radius 2 is 0.737 bits per heavy atom. The third-order valence-electron chi connectivity index (χ3n) is 6.77. The third kappa shape index (κ3) is 2.54. The van der Waals surface area contributed by atoms with E-state index < -0.39 is 0 Å². The van der Waals surface area contributed by atoms with Crippen molar-refractivity contribution in [3.05, 3.63) is 0 Å². The summed E-state index contributed by atoms with van der Waals surface area (Å²) in [5, 5.41) is 0. The van der Waals surface area contributed by atoms with Crippen molar-refractivity contribution in [2.75, 3.05) is 0 Å². The van der Waals surface area contributed by atoms with Crippen LogP contribution in [0, 0.1) is 0 Å². The highest BCUT2D eigenvalue weighted by Crippen LogP contribution is 2.56. The Morgan fingerprint density at radius 1 is 0.474 bits per heavy atom. The van der Waals surface area contributed by atoms with Crippen molar-refractivity contribution < 1.29 is 0 Å². The first-order valence-corrected chi connectivity index (χ1v) is 10.0. The van der Waals surface area contributed by atoms with Gasteiger partial charge in [0.25, 0.3) is 0 Å². The zero-order valence-electron chi connectivity index (χ0n) is 12.4. The molecule has 0 aliphatic carbocycles. The van der Waals surface area contributed by atoms with Gasteiger partial charge in [0.15, 0.2) is 0 Å². The third-order valence-corrected chi connectivity index (χ3v) is 8.94. The number of hydrogen-bond donors (Lipinski definition) is 0. The molecule has 4 aliphatic rings. The molecule has 0 unspecified atom stereocenters. The quantitative estimate of drug-likeness (QED) is 0.563. The number of fused-ring (bicyclic) bond motifs is 4. The van der Waals surface area contributed by atoms with Crippen LogP contribution in [0.4, 0.5) is 0 Å². The molecule has 0 nitrogen and oxygen atoms in total. The van der Waals surface area contributed by atoms with E-state index in [0.29, 0.717) is 0 Å². The molecule has 19 heavy (non-hydrogen) atoms. The van der Waals surface area contributed by atoms with E-state index in [4.69, 9.17) is 0 Å². The van der Waals surface area contributed by atoms with Crippen LogP contribution in [0.1, 0.15) is 77.0 Å². The second-order valence-corrected chi connectivity index (χ2v) is 9.19. The van der Waals surface area contributed by atoms with Crippen molar-refractivity contribution in [3.8, 4) is 0 Å². The van der Waals surface area contributed by atoms with E-state index in [9.17, 15) is 0 Å². The molecule has 0 spiro atoms. The second-order valence-electron chi connectivity index (χ2n) is 7.83. The lowest BCUT2D eigenvalue weighted by Gasteiger charge is -2.46. The Balaban J connectivity index is 1.47. The summed E-state index contributed by atoms with van der Waals surface area (Å²) in [5.41, 5.74) is 0. The molecule has 0 atom stereocenters. The van der Waals surface area contributed by atoms with Gasteiger partial charge in [-0.3, -0.25) is 11.5 Å². The molecule has 104 valence electrons. The van der Waals surface area contributed by atoms with Crippen LogP contribution in [0.25, 0.3) is 0 Å². The molecule has 4 aliphatic heterocycles. The van der Waals surface area contributed by atoms with Crippen LogP contribution in [0.5, 0.6) is 0 Å². The molecular formula is C16H28B2S. The van der Waals surface area contributed by atoms with Crippen LogP contribution in [0.15, 0.2) is 0 Å². The van der Waals surface area contributed by atoms with Crippen LogP contribution in [0.3, 0.4) is 0 Å². The van der Waals surface area contributed by atoms with Gasteiger partial charge in [-0.1, -0.05) is 100 Å². The monoisotopic (exact) mass is 274 g/mol. The minimum absolute atomic E-state index is 1.08. The molecule has 0 amide bonds. The highest BCUT2D eigenvalue weighted by atomic mass is 32.2. The van der Waals surface area contributed by atoms with E-state index in [-0.39, 0.29) is 0 Å². The van der Waals surface area contributed by atoms with Crippen LogP contribution in [0.2, 0.25) is 23.3 Å². The molecule has 0 radical (unpaired) electrons. The van der Waals surface area contributed by atoms with E-state index in [1.54, 1.807) is 77.0 Å². The van der Waals surface area contributed by atoms with Crippen LogP contribution in [-0.2, 0) is 0 Å². The lowest BCUT2D eigenvalue weighted by Crippen LogP contribution is -2.40. The molecule has 0 aromatic carbocycles. The fourth-order valence-electron chi connectivity index (χ4n) is 5.86. The molecule has 4 saturated heterocycles. The van der Waals surface area contributed by atoms with Gasteiger partial charge in [-0.05, 0) is 0 Å². The highest BCUT2D eigenvalue weighted by Gasteiger charge is 2.46. The maximum absolute atomic E-state index is 2.53. The molecule has 4 bridgehead atoms. The Morgan fingerprint density at radius 3 is 1.00 bits per heavy atom. The maximum Gasteiger partial charge on any atom is 0.202 e. The molecule has 0 aromatic rings. The van der Waals surface area contributed by atoms with Crippen molar-refractivity contribution >= 4 is 23.4 Å². The van der Waals surface area contributed by atoms with Crippen LogP contribution < -0.4 is 0 Å². The van der Waals surface area contributed by atoms with Gasteiger partial charge in [-0.25, -0.2) is 0 Å². The van der Waals surface area contributed by atoms with Gasteiger partial charge in [0.05, 0.1) is 0 Å². The van der Waals surface area contributed by atoms with Gasteiger partial charge in [0.2, 0.25) is 12.0 Å². The lowest BCUT2D eigenvalue weighted by molar-refractivity contribution is 0.449.